The summed E-state index contributed by atoms with van der Waals surface area (Å²) in [5.41, 5.74) is 6.59. The molecule has 2 aliphatic rings. The summed E-state index contributed by atoms with van der Waals surface area (Å²) in [4.78, 5) is 2.47. The predicted octanol–water partition coefficient (Wildman–Crippen LogP) is 5.10. The quantitative estimate of drug-likeness (QED) is 0.474. The first-order valence-corrected chi connectivity index (χ1v) is 11.2. The molecule has 6 rings (SSSR count). The Balaban J connectivity index is 1.32. The minimum Gasteiger partial charge on any atom is -0.489 e. The second kappa shape index (κ2) is 7.97. The Morgan fingerprint density at radius 2 is 1.82 bits per heavy atom. The van der Waals surface area contributed by atoms with E-state index in [0.717, 1.165) is 37.5 Å². The van der Waals surface area contributed by atoms with E-state index in [0.29, 0.717) is 11.3 Å². The third-order valence-corrected chi connectivity index (χ3v) is 7.00. The fourth-order valence-electron chi connectivity index (χ4n) is 5.49. The molecule has 1 aromatic heterocycles. The zero-order valence-corrected chi connectivity index (χ0v) is 18.1. The molecule has 1 unspecified atom stereocenters. The highest BCUT2D eigenvalue weighted by Crippen LogP contribution is 2.42. The van der Waals surface area contributed by atoms with Gasteiger partial charge in [0.1, 0.15) is 30.7 Å². The Morgan fingerprint density at radius 3 is 2.64 bits per heavy atom. The zero-order chi connectivity index (χ0) is 22.5. The van der Waals surface area contributed by atoms with Gasteiger partial charge in [-0.05, 0) is 65.4 Å². The van der Waals surface area contributed by atoms with Gasteiger partial charge in [-0.2, -0.15) is 0 Å². The highest BCUT2D eigenvalue weighted by atomic mass is 19.1. The number of aliphatic hydroxyl groups excluding tert-OH is 1. The van der Waals surface area contributed by atoms with Crippen LogP contribution in [-0.4, -0.2) is 21.1 Å². The molecule has 0 saturated heterocycles. The minimum atomic E-state index is -0.602. The van der Waals surface area contributed by atoms with Crippen molar-refractivity contribution in [3.63, 3.8) is 0 Å². The Labute approximate surface area is 190 Å². The number of aliphatic hydroxyl groups is 1. The van der Waals surface area contributed by atoms with Crippen LogP contribution in [-0.2, 0) is 32.7 Å². The fraction of sp³-hybridized carbons (Fsp3) is 0.259. The number of fused-ring (bicyclic) bond motifs is 6. The average molecular weight is 446 g/mol. The van der Waals surface area contributed by atoms with E-state index in [9.17, 15) is 13.9 Å². The van der Waals surface area contributed by atoms with Crippen molar-refractivity contribution in [2.45, 2.75) is 38.8 Å². The molecule has 0 fully saturated rings. The van der Waals surface area contributed by atoms with Crippen LogP contribution in [0.5, 0.6) is 5.75 Å². The number of hydrogen-bond acceptors (Lipinski definition) is 3. The van der Waals surface area contributed by atoms with Crippen molar-refractivity contribution in [3.8, 4) is 5.75 Å². The normalized spacial score (nSPS) is 17.5. The smallest absolute Gasteiger partial charge is 0.126 e. The summed E-state index contributed by atoms with van der Waals surface area (Å²) in [5.74, 6) is -0.506. The SMILES string of the molecule is OCn1c2c(c3ccccc31)CC1c3cc(OCc4cc(F)cc(F)c4)ccc3CCN1C2. The standard InChI is InChI=1S/C27H24F2N2O2/c28-19-9-17(10-20(29)11-19)15-33-21-6-5-18-7-8-30-14-27-24(13-26(30)23(18)12-21)22-3-1-2-4-25(22)31(27)16-32/h1-6,9-12,26,32H,7-8,13-16H2. The summed E-state index contributed by atoms with van der Waals surface area (Å²) >= 11 is 0. The fourth-order valence-corrected chi connectivity index (χ4v) is 5.49. The number of aromatic nitrogens is 1. The molecule has 0 saturated carbocycles. The number of rotatable bonds is 4. The van der Waals surface area contributed by atoms with Gasteiger partial charge in [-0.1, -0.05) is 24.3 Å². The van der Waals surface area contributed by atoms with E-state index in [4.69, 9.17) is 4.74 Å². The molecular formula is C27H24F2N2O2. The third kappa shape index (κ3) is 3.50. The summed E-state index contributed by atoms with van der Waals surface area (Å²) in [6.45, 7) is 1.84. The minimum absolute atomic E-state index is 0.0242. The summed E-state index contributed by atoms with van der Waals surface area (Å²) in [7, 11) is 0. The Bertz CT molecular complexity index is 1340. The maximum Gasteiger partial charge on any atom is 0.126 e. The number of benzene rings is 3. The van der Waals surface area contributed by atoms with Crippen LogP contribution in [0.1, 0.15) is 34.0 Å². The maximum absolute atomic E-state index is 13.5. The number of hydrogen-bond donors (Lipinski definition) is 1. The molecule has 0 spiro atoms. The second-order valence-electron chi connectivity index (χ2n) is 8.88. The third-order valence-electron chi connectivity index (χ3n) is 7.00. The van der Waals surface area contributed by atoms with Gasteiger partial charge < -0.3 is 14.4 Å². The Hall–Kier alpha value is -3.22. The molecule has 6 heteroatoms. The van der Waals surface area contributed by atoms with Gasteiger partial charge in [-0.15, -0.1) is 0 Å². The monoisotopic (exact) mass is 446 g/mol. The lowest BCUT2D eigenvalue weighted by Gasteiger charge is -2.41. The molecule has 1 N–H and O–H groups in total. The van der Waals surface area contributed by atoms with E-state index in [-0.39, 0.29) is 19.4 Å². The molecule has 4 nitrogen and oxygen atoms in total. The van der Waals surface area contributed by atoms with Gasteiger partial charge in [0.2, 0.25) is 0 Å². The van der Waals surface area contributed by atoms with Crippen LogP contribution >= 0.6 is 0 Å². The number of para-hydroxylation sites is 1. The van der Waals surface area contributed by atoms with Gasteiger partial charge in [0.25, 0.3) is 0 Å². The first-order valence-electron chi connectivity index (χ1n) is 11.2. The molecule has 0 radical (unpaired) electrons. The molecule has 0 bridgehead atoms. The van der Waals surface area contributed by atoms with E-state index in [1.165, 1.54) is 39.9 Å². The maximum atomic E-state index is 13.5. The van der Waals surface area contributed by atoms with Crippen LogP contribution in [0.2, 0.25) is 0 Å². The molecule has 168 valence electrons. The second-order valence-corrected chi connectivity index (χ2v) is 8.88. The van der Waals surface area contributed by atoms with Crippen molar-refractivity contribution in [2.24, 2.45) is 0 Å². The molecule has 2 aliphatic heterocycles. The van der Waals surface area contributed by atoms with Gasteiger partial charge in [0.15, 0.2) is 0 Å². The van der Waals surface area contributed by atoms with E-state index in [1.807, 2.05) is 22.8 Å². The van der Waals surface area contributed by atoms with Crippen molar-refractivity contribution in [1.82, 2.24) is 9.47 Å². The van der Waals surface area contributed by atoms with E-state index in [2.05, 4.69) is 29.2 Å². The van der Waals surface area contributed by atoms with Crippen LogP contribution in [0.3, 0.4) is 0 Å². The zero-order valence-electron chi connectivity index (χ0n) is 18.1. The van der Waals surface area contributed by atoms with Crippen molar-refractivity contribution in [3.05, 3.63) is 100 Å². The van der Waals surface area contributed by atoms with Crippen LogP contribution < -0.4 is 4.74 Å². The lowest BCUT2D eigenvalue weighted by Crippen LogP contribution is -2.39. The average Bonchev–Trinajstić information content (AvgIpc) is 3.13. The number of nitrogens with zero attached hydrogens (tertiary/aromatic N) is 2. The van der Waals surface area contributed by atoms with Crippen LogP contribution in [0.4, 0.5) is 8.78 Å². The largest absolute Gasteiger partial charge is 0.489 e. The van der Waals surface area contributed by atoms with E-state index < -0.39 is 11.6 Å². The molecular weight excluding hydrogens is 422 g/mol. The van der Waals surface area contributed by atoms with E-state index >= 15 is 0 Å². The van der Waals surface area contributed by atoms with Gasteiger partial charge in [0.05, 0.1) is 5.52 Å². The van der Waals surface area contributed by atoms with Crippen molar-refractivity contribution in [1.29, 1.82) is 0 Å². The van der Waals surface area contributed by atoms with Crippen molar-refractivity contribution < 1.29 is 18.6 Å². The van der Waals surface area contributed by atoms with Crippen molar-refractivity contribution in [2.75, 3.05) is 6.54 Å². The first kappa shape index (κ1) is 20.4. The Morgan fingerprint density at radius 1 is 1.00 bits per heavy atom. The molecule has 3 heterocycles. The number of halogens is 2. The lowest BCUT2D eigenvalue weighted by atomic mass is 9.85. The Kier molecular flexibility index (Phi) is 4.93. The molecule has 33 heavy (non-hydrogen) atoms. The number of ether oxygens (including phenoxy) is 1. The van der Waals surface area contributed by atoms with Crippen LogP contribution in [0, 0.1) is 11.6 Å². The van der Waals surface area contributed by atoms with Gasteiger partial charge in [0, 0.05) is 36.3 Å². The summed E-state index contributed by atoms with van der Waals surface area (Å²) < 4.78 is 35.0. The van der Waals surface area contributed by atoms with Crippen LogP contribution in [0.25, 0.3) is 10.9 Å². The highest BCUT2D eigenvalue weighted by molar-refractivity contribution is 5.86. The topological polar surface area (TPSA) is 37.6 Å². The van der Waals surface area contributed by atoms with Gasteiger partial charge in [-0.25, -0.2) is 8.78 Å². The lowest BCUT2D eigenvalue weighted by molar-refractivity contribution is 0.145. The molecule has 4 aromatic rings. The van der Waals surface area contributed by atoms with Crippen molar-refractivity contribution >= 4 is 10.9 Å². The van der Waals surface area contributed by atoms with Gasteiger partial charge in [-0.3, -0.25) is 4.90 Å². The summed E-state index contributed by atoms with van der Waals surface area (Å²) in [5, 5.41) is 11.2. The van der Waals surface area contributed by atoms with Gasteiger partial charge >= 0.3 is 0 Å². The molecule has 0 amide bonds. The highest BCUT2D eigenvalue weighted by Gasteiger charge is 2.35. The summed E-state index contributed by atoms with van der Waals surface area (Å²) in [6, 6.07) is 18.1. The summed E-state index contributed by atoms with van der Waals surface area (Å²) in [6.07, 6.45) is 1.82. The molecule has 1 atom stereocenters. The van der Waals surface area contributed by atoms with E-state index in [1.54, 1.807) is 0 Å². The van der Waals surface area contributed by atoms with Crippen LogP contribution in [0.15, 0.2) is 60.7 Å². The first-order chi connectivity index (χ1) is 16.1. The predicted molar refractivity (Wildman–Crippen MR) is 122 cm³/mol. The molecule has 3 aromatic carbocycles. The molecule has 0 aliphatic carbocycles.